The topological polar surface area (TPSA) is 63.4 Å². The van der Waals surface area contributed by atoms with E-state index < -0.39 is 22.8 Å². The summed E-state index contributed by atoms with van der Waals surface area (Å²) in [6, 6.07) is 6.08. The van der Waals surface area contributed by atoms with Crippen molar-refractivity contribution in [2.45, 2.75) is 11.3 Å². The highest BCUT2D eigenvalue weighted by atomic mass is 32.2. The van der Waals surface area contributed by atoms with Crippen molar-refractivity contribution in [1.29, 1.82) is 0 Å². The van der Waals surface area contributed by atoms with Crippen LogP contribution >= 0.6 is 0 Å². The highest BCUT2D eigenvalue weighted by Gasteiger charge is 2.19. The van der Waals surface area contributed by atoms with Crippen molar-refractivity contribution in [2.24, 2.45) is 5.73 Å². The highest BCUT2D eigenvalue weighted by Crippen LogP contribution is 2.25. The summed E-state index contributed by atoms with van der Waals surface area (Å²) in [5, 5.41) is 0. The number of benzene rings is 1. The van der Waals surface area contributed by atoms with E-state index in [2.05, 4.69) is 0 Å². The smallest absolute Gasteiger partial charge is 0.255 e. The Bertz CT molecular complexity index is 492. The van der Waals surface area contributed by atoms with Gasteiger partial charge in [-0.05, 0) is 12.1 Å². The van der Waals surface area contributed by atoms with Crippen molar-refractivity contribution in [3.63, 3.8) is 0 Å². The zero-order valence-corrected chi connectivity index (χ0v) is 10.8. The summed E-state index contributed by atoms with van der Waals surface area (Å²) in [5.74, 6) is 0. The molecule has 0 atom stereocenters. The number of halogens is 2. The molecule has 18 heavy (non-hydrogen) atoms. The maximum atomic E-state index is 12.5. The molecule has 0 radical (unpaired) electrons. The van der Waals surface area contributed by atoms with Crippen molar-refractivity contribution in [2.75, 3.05) is 30.8 Å². The summed E-state index contributed by atoms with van der Waals surface area (Å²) in [6.07, 6.45) is -1.50. The minimum absolute atomic E-state index is 0.0408. The SMILES string of the molecule is CS(=O)(=O)c1ccccc1N(CCN)CC(F)F. The molecule has 1 rings (SSSR count). The lowest BCUT2D eigenvalue weighted by atomic mass is 10.3. The van der Waals surface area contributed by atoms with Crippen LogP contribution in [0.15, 0.2) is 29.2 Å². The molecule has 7 heteroatoms. The van der Waals surface area contributed by atoms with Gasteiger partial charge < -0.3 is 10.6 Å². The fraction of sp³-hybridized carbons (Fsp3) is 0.455. The largest absolute Gasteiger partial charge is 0.363 e. The second kappa shape index (κ2) is 6.10. The minimum Gasteiger partial charge on any atom is -0.363 e. The molecule has 0 saturated heterocycles. The van der Waals surface area contributed by atoms with Gasteiger partial charge in [0.25, 0.3) is 6.43 Å². The molecule has 0 saturated carbocycles. The van der Waals surface area contributed by atoms with Gasteiger partial charge in [0.05, 0.1) is 17.1 Å². The first-order valence-corrected chi connectivity index (χ1v) is 7.27. The molecule has 0 aliphatic carbocycles. The Balaban J connectivity index is 3.19. The van der Waals surface area contributed by atoms with E-state index in [9.17, 15) is 17.2 Å². The second-order valence-electron chi connectivity index (χ2n) is 3.87. The van der Waals surface area contributed by atoms with Crippen molar-refractivity contribution >= 4 is 15.5 Å². The third-order valence-electron chi connectivity index (χ3n) is 2.36. The lowest BCUT2D eigenvalue weighted by Crippen LogP contribution is -2.34. The summed E-state index contributed by atoms with van der Waals surface area (Å²) in [7, 11) is -3.46. The predicted molar refractivity (Wildman–Crippen MR) is 66.8 cm³/mol. The van der Waals surface area contributed by atoms with Crippen LogP contribution < -0.4 is 10.6 Å². The first-order chi connectivity index (χ1) is 8.36. The van der Waals surface area contributed by atoms with Gasteiger partial charge in [0.1, 0.15) is 0 Å². The molecule has 1 aromatic rings. The van der Waals surface area contributed by atoms with E-state index in [1.165, 1.54) is 17.0 Å². The van der Waals surface area contributed by atoms with Gasteiger partial charge in [0.2, 0.25) is 0 Å². The Hall–Kier alpha value is -1.21. The summed E-state index contributed by atoms with van der Waals surface area (Å²) >= 11 is 0. The van der Waals surface area contributed by atoms with Gasteiger partial charge in [-0.25, -0.2) is 17.2 Å². The number of hydrogen-bond donors (Lipinski definition) is 1. The molecule has 0 spiro atoms. The molecule has 0 bridgehead atoms. The van der Waals surface area contributed by atoms with Gasteiger partial charge in [-0.1, -0.05) is 12.1 Å². The molecule has 0 aliphatic heterocycles. The van der Waals surface area contributed by atoms with Gasteiger partial charge in [0.15, 0.2) is 9.84 Å². The van der Waals surface area contributed by atoms with Crippen molar-refractivity contribution in [3.05, 3.63) is 24.3 Å². The fourth-order valence-corrected chi connectivity index (χ4v) is 2.57. The van der Waals surface area contributed by atoms with Crippen LogP contribution in [0.25, 0.3) is 0 Å². The fourth-order valence-electron chi connectivity index (χ4n) is 1.66. The number of alkyl halides is 2. The maximum absolute atomic E-state index is 12.5. The van der Waals surface area contributed by atoms with E-state index in [1.807, 2.05) is 0 Å². The third-order valence-corrected chi connectivity index (χ3v) is 3.51. The molecule has 4 nitrogen and oxygen atoms in total. The predicted octanol–water partition coefficient (Wildman–Crippen LogP) is 1.12. The van der Waals surface area contributed by atoms with Crippen LogP contribution in [0.3, 0.4) is 0 Å². The molecule has 2 N–H and O–H groups in total. The van der Waals surface area contributed by atoms with Crippen molar-refractivity contribution in [3.8, 4) is 0 Å². The van der Waals surface area contributed by atoms with Crippen LogP contribution in [0.5, 0.6) is 0 Å². The van der Waals surface area contributed by atoms with Gasteiger partial charge in [0, 0.05) is 19.3 Å². The molecule has 0 unspecified atom stereocenters. The van der Waals surface area contributed by atoms with E-state index in [0.717, 1.165) is 6.26 Å². The van der Waals surface area contributed by atoms with Crippen LogP contribution in [0.2, 0.25) is 0 Å². The van der Waals surface area contributed by atoms with Gasteiger partial charge in [-0.3, -0.25) is 0 Å². The number of rotatable bonds is 6. The average Bonchev–Trinajstić information content (AvgIpc) is 2.27. The van der Waals surface area contributed by atoms with Gasteiger partial charge in [-0.2, -0.15) is 0 Å². The number of nitrogens with two attached hydrogens (primary N) is 1. The molecule has 0 aromatic heterocycles. The molecular weight excluding hydrogens is 262 g/mol. The van der Waals surface area contributed by atoms with E-state index in [-0.39, 0.29) is 23.7 Å². The lowest BCUT2D eigenvalue weighted by Gasteiger charge is -2.25. The normalized spacial score (nSPS) is 11.8. The van der Waals surface area contributed by atoms with Crippen LogP contribution in [0, 0.1) is 0 Å². The molecule has 0 aliphatic rings. The first-order valence-electron chi connectivity index (χ1n) is 5.38. The zero-order chi connectivity index (χ0) is 13.8. The zero-order valence-electron chi connectivity index (χ0n) is 10.0. The molecule has 0 amide bonds. The summed E-state index contributed by atoms with van der Waals surface area (Å²) in [6.45, 7) is -0.189. The van der Waals surface area contributed by atoms with Crippen LogP contribution in [-0.2, 0) is 9.84 Å². The van der Waals surface area contributed by atoms with Crippen LogP contribution in [0.4, 0.5) is 14.5 Å². The Morgan fingerprint density at radius 1 is 1.33 bits per heavy atom. The minimum atomic E-state index is -3.46. The second-order valence-corrected chi connectivity index (χ2v) is 5.85. The van der Waals surface area contributed by atoms with Crippen LogP contribution in [0.1, 0.15) is 0 Å². The molecule has 0 heterocycles. The number of sulfone groups is 1. The van der Waals surface area contributed by atoms with E-state index in [0.29, 0.717) is 0 Å². The number of anilines is 1. The average molecular weight is 278 g/mol. The standard InChI is InChI=1S/C11H16F2N2O2S/c1-18(16,17)10-5-3-2-4-9(10)15(7-6-14)8-11(12)13/h2-5,11H,6-8,14H2,1H3. The monoisotopic (exact) mass is 278 g/mol. The molecule has 102 valence electrons. The number of nitrogens with zero attached hydrogens (tertiary/aromatic N) is 1. The van der Waals surface area contributed by atoms with Crippen molar-refractivity contribution in [1.82, 2.24) is 0 Å². The number of para-hydroxylation sites is 1. The van der Waals surface area contributed by atoms with Crippen molar-refractivity contribution < 1.29 is 17.2 Å². The maximum Gasteiger partial charge on any atom is 0.255 e. The van der Waals surface area contributed by atoms with Gasteiger partial charge >= 0.3 is 0 Å². The van der Waals surface area contributed by atoms with Gasteiger partial charge in [-0.15, -0.1) is 0 Å². The van der Waals surface area contributed by atoms with E-state index in [4.69, 9.17) is 5.73 Å². The quantitative estimate of drug-likeness (QED) is 0.847. The Morgan fingerprint density at radius 3 is 2.44 bits per heavy atom. The van der Waals surface area contributed by atoms with E-state index >= 15 is 0 Å². The molecular formula is C11H16F2N2O2S. The van der Waals surface area contributed by atoms with Crippen LogP contribution in [-0.4, -0.2) is 40.7 Å². The van der Waals surface area contributed by atoms with E-state index in [1.54, 1.807) is 12.1 Å². The first kappa shape index (κ1) is 14.8. The summed E-state index contributed by atoms with van der Waals surface area (Å²) in [4.78, 5) is 1.33. The Labute approximate surface area is 105 Å². The Kier molecular flexibility index (Phi) is 5.03. The third kappa shape index (κ3) is 3.92. The highest BCUT2D eigenvalue weighted by molar-refractivity contribution is 7.90. The summed E-state index contributed by atoms with van der Waals surface area (Å²) < 4.78 is 48.2. The lowest BCUT2D eigenvalue weighted by molar-refractivity contribution is 0.155. The number of hydrogen-bond acceptors (Lipinski definition) is 4. The molecule has 1 aromatic carbocycles. The molecule has 0 fully saturated rings. The summed E-state index contributed by atoms with van der Waals surface area (Å²) in [5.41, 5.74) is 5.63. The Morgan fingerprint density at radius 2 is 1.94 bits per heavy atom.